The molecular weight excluding hydrogens is 418 g/mol. The third kappa shape index (κ3) is 5.75. The topological polar surface area (TPSA) is 75.9 Å². The average molecular weight is 446 g/mol. The van der Waals surface area contributed by atoms with Crippen molar-refractivity contribution in [1.82, 2.24) is 9.80 Å². The van der Waals surface area contributed by atoms with Crippen LogP contribution in [-0.2, 0) is 13.2 Å². The van der Waals surface area contributed by atoms with Crippen LogP contribution in [0.2, 0.25) is 0 Å². The number of hydrogen-bond acceptors (Lipinski definition) is 5. The second kappa shape index (κ2) is 10.3. The van der Waals surface area contributed by atoms with E-state index in [0.29, 0.717) is 18.7 Å². The van der Waals surface area contributed by atoms with Gasteiger partial charge < -0.3 is 9.64 Å². The van der Waals surface area contributed by atoms with E-state index in [2.05, 4.69) is 17.0 Å². The minimum absolute atomic E-state index is 0.00229. The fraction of sp³-hybridized carbons (Fsp3) is 0.269. The number of carbonyl (C=O) groups is 1. The molecule has 1 fully saturated rings. The highest BCUT2D eigenvalue weighted by Crippen LogP contribution is 2.28. The zero-order chi connectivity index (χ0) is 23.2. The molecule has 1 saturated heterocycles. The van der Waals surface area contributed by atoms with Crippen molar-refractivity contribution in [3.05, 3.63) is 105 Å². The maximum Gasteiger partial charge on any atom is 0.311 e. The van der Waals surface area contributed by atoms with Gasteiger partial charge in [-0.25, -0.2) is 0 Å². The summed E-state index contributed by atoms with van der Waals surface area (Å²) in [4.78, 5) is 28.1. The van der Waals surface area contributed by atoms with Crippen molar-refractivity contribution in [2.45, 2.75) is 20.1 Å². The Balaban J connectivity index is 1.35. The van der Waals surface area contributed by atoms with Gasteiger partial charge in [-0.3, -0.25) is 19.8 Å². The van der Waals surface area contributed by atoms with Gasteiger partial charge in [-0.15, -0.1) is 0 Å². The van der Waals surface area contributed by atoms with Crippen LogP contribution < -0.4 is 4.74 Å². The molecule has 7 nitrogen and oxygen atoms in total. The molecule has 4 rings (SSSR count). The van der Waals surface area contributed by atoms with Crippen LogP contribution in [0.1, 0.15) is 27.0 Å². The molecule has 0 saturated carbocycles. The second-order valence-electron chi connectivity index (χ2n) is 8.27. The van der Waals surface area contributed by atoms with Crippen molar-refractivity contribution in [3.8, 4) is 5.75 Å². The summed E-state index contributed by atoms with van der Waals surface area (Å²) >= 11 is 0. The van der Waals surface area contributed by atoms with Crippen LogP contribution in [-0.4, -0.2) is 46.8 Å². The predicted octanol–water partition coefficient (Wildman–Crippen LogP) is 4.44. The van der Waals surface area contributed by atoms with Crippen molar-refractivity contribution in [3.63, 3.8) is 0 Å². The van der Waals surface area contributed by atoms with Gasteiger partial charge in [0.2, 0.25) is 0 Å². The Labute approximate surface area is 193 Å². The number of hydrogen-bond donors (Lipinski definition) is 0. The molecule has 7 heteroatoms. The number of nitro groups is 1. The van der Waals surface area contributed by atoms with Crippen LogP contribution in [0.25, 0.3) is 0 Å². The van der Waals surface area contributed by atoms with E-state index in [1.54, 1.807) is 31.2 Å². The van der Waals surface area contributed by atoms with E-state index in [-0.39, 0.29) is 24.0 Å². The first-order valence-corrected chi connectivity index (χ1v) is 11.0. The predicted molar refractivity (Wildman–Crippen MR) is 126 cm³/mol. The molecule has 0 aromatic heterocycles. The van der Waals surface area contributed by atoms with E-state index in [1.165, 1.54) is 11.6 Å². The summed E-state index contributed by atoms with van der Waals surface area (Å²) in [6, 6.07) is 22.5. The van der Waals surface area contributed by atoms with Crippen LogP contribution >= 0.6 is 0 Å². The van der Waals surface area contributed by atoms with Gasteiger partial charge in [0.25, 0.3) is 5.91 Å². The van der Waals surface area contributed by atoms with Gasteiger partial charge in [0.05, 0.1) is 4.92 Å². The molecule has 33 heavy (non-hydrogen) atoms. The van der Waals surface area contributed by atoms with E-state index in [4.69, 9.17) is 4.74 Å². The molecule has 0 radical (unpaired) electrons. The SMILES string of the molecule is Cc1ccc(OCc2cccc(C(=O)N3CCN(Cc4ccccc4)CC3)c2)c([N+](=O)[O-])c1. The quantitative estimate of drug-likeness (QED) is 0.397. The minimum atomic E-state index is -0.445. The monoisotopic (exact) mass is 445 g/mol. The first-order valence-electron chi connectivity index (χ1n) is 11.0. The summed E-state index contributed by atoms with van der Waals surface area (Å²) in [6.45, 7) is 5.87. The Morgan fingerprint density at radius 2 is 1.67 bits per heavy atom. The Hall–Kier alpha value is -3.71. The number of rotatable bonds is 7. The van der Waals surface area contributed by atoms with Crippen molar-refractivity contribution in [2.24, 2.45) is 0 Å². The lowest BCUT2D eigenvalue weighted by atomic mass is 10.1. The number of ether oxygens (including phenoxy) is 1. The molecule has 0 atom stereocenters. The van der Waals surface area contributed by atoms with Crippen molar-refractivity contribution in [1.29, 1.82) is 0 Å². The number of nitrogens with zero attached hydrogens (tertiary/aromatic N) is 3. The molecule has 1 aliphatic heterocycles. The average Bonchev–Trinajstić information content (AvgIpc) is 2.84. The van der Waals surface area contributed by atoms with Gasteiger partial charge in [0, 0.05) is 44.4 Å². The highest BCUT2D eigenvalue weighted by Gasteiger charge is 2.22. The molecule has 0 unspecified atom stereocenters. The highest BCUT2D eigenvalue weighted by molar-refractivity contribution is 5.94. The fourth-order valence-corrected chi connectivity index (χ4v) is 3.98. The van der Waals surface area contributed by atoms with Gasteiger partial charge in [0.15, 0.2) is 5.75 Å². The lowest BCUT2D eigenvalue weighted by molar-refractivity contribution is -0.386. The minimum Gasteiger partial charge on any atom is -0.482 e. The first kappa shape index (κ1) is 22.5. The third-order valence-electron chi connectivity index (χ3n) is 5.79. The van der Waals surface area contributed by atoms with Gasteiger partial charge in [-0.2, -0.15) is 0 Å². The maximum absolute atomic E-state index is 13.0. The molecule has 1 heterocycles. The summed E-state index contributed by atoms with van der Waals surface area (Å²) in [5.41, 5.74) is 3.41. The fourth-order valence-electron chi connectivity index (χ4n) is 3.98. The standard InChI is InChI=1S/C26H27N3O4/c1-20-10-11-25(24(16-20)29(31)32)33-19-22-8-5-9-23(17-22)26(30)28-14-12-27(13-15-28)18-21-6-3-2-4-7-21/h2-11,16-17H,12-15,18-19H2,1H3. The van der Waals surface area contributed by atoms with Crippen LogP contribution in [0.15, 0.2) is 72.8 Å². The van der Waals surface area contributed by atoms with E-state index >= 15 is 0 Å². The Morgan fingerprint density at radius 1 is 0.939 bits per heavy atom. The van der Waals surface area contributed by atoms with Gasteiger partial charge in [-0.1, -0.05) is 48.5 Å². The van der Waals surface area contributed by atoms with E-state index < -0.39 is 4.92 Å². The molecule has 3 aromatic rings. The van der Waals surface area contributed by atoms with Crippen molar-refractivity contribution in [2.75, 3.05) is 26.2 Å². The Morgan fingerprint density at radius 3 is 2.39 bits per heavy atom. The number of nitro benzene ring substituents is 1. The summed E-state index contributed by atoms with van der Waals surface area (Å²) in [5.74, 6) is 0.217. The van der Waals surface area contributed by atoms with E-state index in [1.807, 2.05) is 35.2 Å². The summed E-state index contributed by atoms with van der Waals surface area (Å²) < 4.78 is 5.72. The second-order valence-corrected chi connectivity index (χ2v) is 8.27. The molecule has 1 amide bonds. The number of benzene rings is 3. The lowest BCUT2D eigenvalue weighted by Crippen LogP contribution is -2.48. The normalized spacial score (nSPS) is 14.2. The van der Waals surface area contributed by atoms with Gasteiger partial charge in [-0.05, 0) is 41.8 Å². The zero-order valence-corrected chi connectivity index (χ0v) is 18.6. The van der Waals surface area contributed by atoms with E-state index in [0.717, 1.165) is 30.8 Å². The lowest BCUT2D eigenvalue weighted by Gasteiger charge is -2.34. The molecule has 170 valence electrons. The largest absolute Gasteiger partial charge is 0.482 e. The van der Waals surface area contributed by atoms with Crippen LogP contribution in [0.5, 0.6) is 5.75 Å². The van der Waals surface area contributed by atoms with Crippen LogP contribution in [0, 0.1) is 17.0 Å². The zero-order valence-electron chi connectivity index (χ0n) is 18.6. The highest BCUT2D eigenvalue weighted by atomic mass is 16.6. The van der Waals surface area contributed by atoms with Crippen molar-refractivity contribution >= 4 is 11.6 Å². The van der Waals surface area contributed by atoms with Crippen LogP contribution in [0.3, 0.4) is 0 Å². The molecule has 0 N–H and O–H groups in total. The van der Waals surface area contributed by atoms with Crippen LogP contribution in [0.4, 0.5) is 5.69 Å². The molecular formula is C26H27N3O4. The molecule has 1 aliphatic rings. The Bertz CT molecular complexity index is 1130. The smallest absolute Gasteiger partial charge is 0.311 e. The number of amides is 1. The van der Waals surface area contributed by atoms with Gasteiger partial charge >= 0.3 is 5.69 Å². The Kier molecular flexibility index (Phi) is 7.00. The van der Waals surface area contributed by atoms with Crippen molar-refractivity contribution < 1.29 is 14.5 Å². The molecule has 0 spiro atoms. The third-order valence-corrected chi connectivity index (χ3v) is 5.79. The summed E-state index contributed by atoms with van der Waals surface area (Å²) in [5, 5.41) is 11.3. The molecule has 0 bridgehead atoms. The first-order chi connectivity index (χ1) is 16.0. The maximum atomic E-state index is 13.0. The summed E-state index contributed by atoms with van der Waals surface area (Å²) in [6.07, 6.45) is 0. The molecule has 0 aliphatic carbocycles. The van der Waals surface area contributed by atoms with E-state index in [9.17, 15) is 14.9 Å². The summed E-state index contributed by atoms with van der Waals surface area (Å²) in [7, 11) is 0. The number of carbonyl (C=O) groups excluding carboxylic acids is 1. The van der Waals surface area contributed by atoms with Gasteiger partial charge in [0.1, 0.15) is 6.61 Å². The number of piperazine rings is 1. The molecule has 3 aromatic carbocycles. The number of aryl methyl sites for hydroxylation is 1.